The van der Waals surface area contributed by atoms with E-state index in [-0.39, 0.29) is 6.10 Å². The Kier molecular flexibility index (Phi) is 6.02. The SMILES string of the molecule is CC1CCN(C[C@@H](O)CN2CCC[C@@H](Cn3cncn3)C2)CC1. The van der Waals surface area contributed by atoms with Crippen molar-refractivity contribution in [1.82, 2.24) is 24.6 Å². The summed E-state index contributed by atoms with van der Waals surface area (Å²) in [5.41, 5.74) is 0. The third-order valence-electron chi connectivity index (χ3n) is 5.33. The molecular weight excluding hydrogens is 290 g/mol. The maximum Gasteiger partial charge on any atom is 0.137 e. The molecule has 0 amide bonds. The van der Waals surface area contributed by atoms with E-state index in [0.717, 1.165) is 51.7 Å². The maximum absolute atomic E-state index is 10.5. The summed E-state index contributed by atoms with van der Waals surface area (Å²) in [6.45, 7) is 9.38. The Morgan fingerprint density at radius 1 is 1.13 bits per heavy atom. The molecule has 1 aromatic rings. The van der Waals surface area contributed by atoms with Gasteiger partial charge in [-0.2, -0.15) is 5.10 Å². The summed E-state index contributed by atoms with van der Waals surface area (Å²) in [5, 5.41) is 14.7. The predicted molar refractivity (Wildman–Crippen MR) is 90.0 cm³/mol. The number of hydrogen-bond donors (Lipinski definition) is 1. The highest BCUT2D eigenvalue weighted by Crippen LogP contribution is 2.19. The first-order valence-electron chi connectivity index (χ1n) is 9.14. The number of aromatic nitrogens is 3. The first-order valence-corrected chi connectivity index (χ1v) is 9.14. The van der Waals surface area contributed by atoms with Crippen molar-refractivity contribution in [2.45, 2.75) is 45.3 Å². The fourth-order valence-corrected chi connectivity index (χ4v) is 3.96. The molecule has 130 valence electrons. The van der Waals surface area contributed by atoms with Crippen molar-refractivity contribution in [2.75, 3.05) is 39.3 Å². The van der Waals surface area contributed by atoms with Crippen LogP contribution < -0.4 is 0 Å². The molecule has 2 atom stereocenters. The first kappa shape index (κ1) is 16.9. The van der Waals surface area contributed by atoms with Gasteiger partial charge in [0, 0.05) is 26.2 Å². The smallest absolute Gasteiger partial charge is 0.137 e. The summed E-state index contributed by atoms with van der Waals surface area (Å²) in [7, 11) is 0. The lowest BCUT2D eigenvalue weighted by Crippen LogP contribution is -2.46. The van der Waals surface area contributed by atoms with Crippen LogP contribution in [0.4, 0.5) is 0 Å². The average molecular weight is 321 g/mol. The minimum Gasteiger partial charge on any atom is -0.390 e. The molecule has 2 aliphatic rings. The number of nitrogens with zero attached hydrogens (tertiary/aromatic N) is 5. The molecule has 6 heteroatoms. The van der Waals surface area contributed by atoms with Crippen LogP contribution in [-0.4, -0.2) is 75.0 Å². The quantitative estimate of drug-likeness (QED) is 0.850. The lowest BCUT2D eigenvalue weighted by Gasteiger charge is -2.36. The molecular formula is C17H31N5O. The molecule has 3 rings (SSSR count). The van der Waals surface area contributed by atoms with Crippen molar-refractivity contribution < 1.29 is 5.11 Å². The summed E-state index contributed by atoms with van der Waals surface area (Å²) < 4.78 is 1.93. The minimum atomic E-state index is -0.228. The monoisotopic (exact) mass is 321 g/mol. The van der Waals surface area contributed by atoms with Crippen molar-refractivity contribution in [1.29, 1.82) is 0 Å². The highest BCUT2D eigenvalue weighted by Gasteiger charge is 2.24. The zero-order chi connectivity index (χ0) is 16.1. The molecule has 2 fully saturated rings. The molecule has 0 unspecified atom stereocenters. The van der Waals surface area contributed by atoms with Crippen molar-refractivity contribution in [3.05, 3.63) is 12.7 Å². The molecule has 2 saturated heterocycles. The molecule has 2 aliphatic heterocycles. The van der Waals surface area contributed by atoms with Crippen LogP contribution in [0.25, 0.3) is 0 Å². The van der Waals surface area contributed by atoms with Gasteiger partial charge in [-0.15, -0.1) is 0 Å². The Morgan fingerprint density at radius 3 is 2.65 bits per heavy atom. The van der Waals surface area contributed by atoms with E-state index in [1.165, 1.54) is 25.7 Å². The van der Waals surface area contributed by atoms with Crippen molar-refractivity contribution >= 4 is 0 Å². The second kappa shape index (κ2) is 8.22. The molecule has 3 heterocycles. The summed E-state index contributed by atoms with van der Waals surface area (Å²) in [6, 6.07) is 0. The number of β-amino-alcohol motifs (C(OH)–C–C–N with tert-alkyl or cyclic N) is 1. The van der Waals surface area contributed by atoms with Gasteiger partial charge in [-0.1, -0.05) is 6.92 Å². The summed E-state index contributed by atoms with van der Waals surface area (Å²) in [4.78, 5) is 8.88. The van der Waals surface area contributed by atoms with Crippen LogP contribution in [0.5, 0.6) is 0 Å². The van der Waals surface area contributed by atoms with Crippen LogP contribution in [0, 0.1) is 11.8 Å². The third kappa shape index (κ3) is 5.26. The van der Waals surface area contributed by atoms with Gasteiger partial charge in [0.25, 0.3) is 0 Å². The van der Waals surface area contributed by atoms with Gasteiger partial charge >= 0.3 is 0 Å². The summed E-state index contributed by atoms with van der Waals surface area (Å²) in [6.07, 6.45) is 8.18. The molecule has 1 N–H and O–H groups in total. The Bertz CT molecular complexity index is 444. The van der Waals surface area contributed by atoms with E-state index in [0.29, 0.717) is 5.92 Å². The van der Waals surface area contributed by atoms with Gasteiger partial charge in [0.05, 0.1) is 6.10 Å². The lowest BCUT2D eigenvalue weighted by molar-refractivity contribution is 0.0456. The number of aliphatic hydroxyl groups excluding tert-OH is 1. The fraction of sp³-hybridized carbons (Fsp3) is 0.882. The normalized spacial score (nSPS) is 26.4. The van der Waals surface area contributed by atoms with Gasteiger partial charge in [0.15, 0.2) is 0 Å². The molecule has 0 saturated carbocycles. The molecule has 0 bridgehead atoms. The minimum absolute atomic E-state index is 0.228. The van der Waals surface area contributed by atoms with E-state index in [4.69, 9.17) is 0 Å². The lowest BCUT2D eigenvalue weighted by atomic mass is 9.97. The highest BCUT2D eigenvalue weighted by atomic mass is 16.3. The summed E-state index contributed by atoms with van der Waals surface area (Å²) in [5.74, 6) is 1.47. The second-order valence-corrected chi connectivity index (χ2v) is 7.52. The Balaban J connectivity index is 1.40. The van der Waals surface area contributed by atoms with Crippen molar-refractivity contribution in [2.24, 2.45) is 11.8 Å². The number of rotatable bonds is 6. The fourth-order valence-electron chi connectivity index (χ4n) is 3.96. The Hall–Kier alpha value is -0.980. The van der Waals surface area contributed by atoms with Crippen molar-refractivity contribution in [3.63, 3.8) is 0 Å². The molecule has 0 spiro atoms. The third-order valence-corrected chi connectivity index (χ3v) is 5.33. The van der Waals surface area contributed by atoms with Crippen LogP contribution in [-0.2, 0) is 6.54 Å². The molecule has 0 radical (unpaired) electrons. The number of piperidine rings is 2. The van der Waals surface area contributed by atoms with Gasteiger partial charge in [-0.25, -0.2) is 4.98 Å². The average Bonchev–Trinajstić information content (AvgIpc) is 3.03. The first-order chi connectivity index (χ1) is 11.2. The molecule has 0 aliphatic carbocycles. The summed E-state index contributed by atoms with van der Waals surface area (Å²) >= 11 is 0. The number of aliphatic hydroxyl groups is 1. The van der Waals surface area contributed by atoms with E-state index in [1.807, 2.05) is 4.68 Å². The van der Waals surface area contributed by atoms with Gasteiger partial charge < -0.3 is 14.9 Å². The molecule has 6 nitrogen and oxygen atoms in total. The van der Waals surface area contributed by atoms with E-state index in [2.05, 4.69) is 26.8 Å². The van der Waals surface area contributed by atoms with Gasteiger partial charge in [-0.05, 0) is 57.2 Å². The van der Waals surface area contributed by atoms with Gasteiger partial charge in [0.1, 0.15) is 12.7 Å². The predicted octanol–water partition coefficient (Wildman–Crippen LogP) is 1.08. The topological polar surface area (TPSA) is 57.4 Å². The zero-order valence-corrected chi connectivity index (χ0v) is 14.3. The molecule has 1 aromatic heterocycles. The van der Waals surface area contributed by atoms with Gasteiger partial charge in [-0.3, -0.25) is 4.68 Å². The zero-order valence-electron chi connectivity index (χ0n) is 14.3. The highest BCUT2D eigenvalue weighted by molar-refractivity contribution is 4.78. The largest absolute Gasteiger partial charge is 0.390 e. The molecule has 23 heavy (non-hydrogen) atoms. The van der Waals surface area contributed by atoms with Crippen molar-refractivity contribution in [3.8, 4) is 0 Å². The van der Waals surface area contributed by atoms with E-state index < -0.39 is 0 Å². The van der Waals surface area contributed by atoms with Crippen LogP contribution >= 0.6 is 0 Å². The van der Waals surface area contributed by atoms with Crippen LogP contribution in [0.2, 0.25) is 0 Å². The van der Waals surface area contributed by atoms with Crippen LogP contribution in [0.15, 0.2) is 12.7 Å². The van der Waals surface area contributed by atoms with Crippen LogP contribution in [0.1, 0.15) is 32.6 Å². The van der Waals surface area contributed by atoms with E-state index in [1.54, 1.807) is 12.7 Å². The van der Waals surface area contributed by atoms with Gasteiger partial charge in [0.2, 0.25) is 0 Å². The van der Waals surface area contributed by atoms with E-state index >= 15 is 0 Å². The van der Waals surface area contributed by atoms with E-state index in [9.17, 15) is 5.11 Å². The Labute approximate surface area is 139 Å². The number of likely N-dealkylation sites (tertiary alicyclic amines) is 2. The molecule has 0 aromatic carbocycles. The Morgan fingerprint density at radius 2 is 1.91 bits per heavy atom. The maximum atomic E-state index is 10.5. The van der Waals surface area contributed by atoms with Crippen LogP contribution in [0.3, 0.4) is 0 Å². The second-order valence-electron chi connectivity index (χ2n) is 7.52. The number of hydrogen-bond acceptors (Lipinski definition) is 5. The standard InChI is InChI=1S/C17H31N5O/c1-15-4-7-20(8-5-15)11-17(23)12-21-6-2-3-16(9-21)10-22-14-18-13-19-22/h13-17,23H,2-12H2,1H3/t16-,17-/m1/s1.